The van der Waals surface area contributed by atoms with Gasteiger partial charge in [0, 0.05) is 19.7 Å². The predicted octanol–water partition coefficient (Wildman–Crippen LogP) is 0.922. The molecule has 0 spiro atoms. The number of nitrogens with one attached hydrogen (secondary N) is 1. The number of carboxylic acids is 1. The maximum Gasteiger partial charge on any atom is 0.326 e. The largest absolute Gasteiger partial charge is 0.480 e. The molecule has 0 radical (unpaired) electrons. The van der Waals surface area contributed by atoms with Crippen molar-refractivity contribution in [3.63, 3.8) is 0 Å². The van der Waals surface area contributed by atoms with Gasteiger partial charge in [0.2, 0.25) is 5.91 Å². The number of nitrogens with zero attached hydrogens (tertiary/aromatic N) is 1. The Morgan fingerprint density at radius 2 is 1.73 bits per heavy atom. The molecule has 0 heterocycles. The van der Waals surface area contributed by atoms with Crippen LogP contribution in [0, 0.1) is 0 Å². The van der Waals surface area contributed by atoms with Gasteiger partial charge >= 0.3 is 5.97 Å². The van der Waals surface area contributed by atoms with E-state index in [0.29, 0.717) is 12.8 Å². The van der Waals surface area contributed by atoms with Crippen molar-refractivity contribution in [2.45, 2.75) is 37.1 Å². The highest BCUT2D eigenvalue weighted by molar-refractivity contribution is 7.92. The summed E-state index contributed by atoms with van der Waals surface area (Å²) in [6.07, 6.45) is 1.78. The molecule has 0 aliphatic carbocycles. The number of unbranched alkanes of at least 4 members (excludes halogenated alkanes) is 1. The zero-order chi connectivity index (χ0) is 19.9. The number of carboxylic acid groups (broad SMARTS) is 1. The quantitative estimate of drug-likeness (QED) is 0.653. The van der Waals surface area contributed by atoms with Gasteiger partial charge in [-0.2, -0.15) is 0 Å². The Bertz CT molecular complexity index is 756. The molecule has 2 N–H and O–H groups in total. The number of rotatable bonds is 9. The van der Waals surface area contributed by atoms with Crippen molar-refractivity contribution < 1.29 is 27.9 Å². The fraction of sp³-hybridized carbons (Fsp3) is 0.471. The summed E-state index contributed by atoms with van der Waals surface area (Å²) in [5.41, 5.74) is 0.144. The third kappa shape index (κ3) is 6.14. The molecular formula is C17H24N2O6S. The van der Waals surface area contributed by atoms with E-state index in [0.717, 1.165) is 6.42 Å². The van der Waals surface area contributed by atoms with E-state index < -0.39 is 39.4 Å². The topological polar surface area (TPSA) is 121 Å². The van der Waals surface area contributed by atoms with Gasteiger partial charge in [0.1, 0.15) is 11.8 Å². The Morgan fingerprint density at radius 3 is 2.19 bits per heavy atom. The smallest absolute Gasteiger partial charge is 0.326 e. The summed E-state index contributed by atoms with van der Waals surface area (Å²) >= 11 is 0. The first-order chi connectivity index (χ1) is 12.1. The normalized spacial score (nSPS) is 12.3. The number of amides is 2. The summed E-state index contributed by atoms with van der Waals surface area (Å²) < 4.78 is 24.4. The van der Waals surface area contributed by atoms with Gasteiger partial charge in [0.25, 0.3) is 5.91 Å². The molecule has 9 heteroatoms. The lowest BCUT2D eigenvalue weighted by molar-refractivity contribution is -0.139. The van der Waals surface area contributed by atoms with Gasteiger partial charge in [0.05, 0.1) is 4.90 Å². The number of hydrogen-bond acceptors (Lipinski definition) is 5. The predicted molar refractivity (Wildman–Crippen MR) is 95.6 cm³/mol. The van der Waals surface area contributed by atoms with Crippen molar-refractivity contribution in [3.8, 4) is 0 Å². The molecule has 0 saturated heterocycles. The minimum atomic E-state index is -3.81. The molecule has 144 valence electrons. The molecule has 0 aliphatic rings. The summed E-state index contributed by atoms with van der Waals surface area (Å²) in [6.45, 7) is 1.92. The van der Waals surface area contributed by atoms with Crippen LogP contribution in [0.1, 0.15) is 36.5 Å². The maximum absolute atomic E-state index is 12.2. The average Bonchev–Trinajstić information content (AvgIpc) is 2.57. The number of benzene rings is 1. The molecule has 0 aromatic heterocycles. The van der Waals surface area contributed by atoms with Crippen molar-refractivity contribution in [2.24, 2.45) is 0 Å². The Labute approximate surface area is 153 Å². The molecule has 8 nitrogen and oxygen atoms in total. The first kappa shape index (κ1) is 21.6. The van der Waals surface area contributed by atoms with E-state index >= 15 is 0 Å². The SMILES string of the molecule is CCCCC(NC(=O)c1ccc(S(=O)(=O)CC(=O)N(C)C)cc1)C(=O)O. The average molecular weight is 384 g/mol. The highest BCUT2D eigenvalue weighted by Crippen LogP contribution is 2.13. The lowest BCUT2D eigenvalue weighted by Crippen LogP contribution is -2.40. The first-order valence-corrected chi connectivity index (χ1v) is 9.80. The zero-order valence-electron chi connectivity index (χ0n) is 15.1. The Kier molecular flexibility index (Phi) is 7.76. The molecule has 26 heavy (non-hydrogen) atoms. The van der Waals surface area contributed by atoms with Gasteiger partial charge in [-0.05, 0) is 30.7 Å². The minimum absolute atomic E-state index is 0.0787. The second-order valence-corrected chi connectivity index (χ2v) is 8.07. The van der Waals surface area contributed by atoms with E-state index in [1.54, 1.807) is 0 Å². The third-order valence-electron chi connectivity index (χ3n) is 3.74. The third-order valence-corrected chi connectivity index (χ3v) is 5.36. The van der Waals surface area contributed by atoms with Gasteiger partial charge in [-0.15, -0.1) is 0 Å². The summed E-state index contributed by atoms with van der Waals surface area (Å²) in [7, 11) is -0.890. The molecule has 1 aromatic rings. The number of aliphatic carboxylic acids is 1. The van der Waals surface area contributed by atoms with Crippen LogP contribution in [0.3, 0.4) is 0 Å². The first-order valence-electron chi connectivity index (χ1n) is 8.15. The van der Waals surface area contributed by atoms with E-state index in [-0.39, 0.29) is 10.5 Å². The highest BCUT2D eigenvalue weighted by atomic mass is 32.2. The number of sulfone groups is 1. The van der Waals surface area contributed by atoms with E-state index in [1.165, 1.54) is 43.3 Å². The molecule has 1 unspecified atom stereocenters. The molecule has 0 fully saturated rings. The lowest BCUT2D eigenvalue weighted by atomic mass is 10.1. The molecular weight excluding hydrogens is 360 g/mol. The van der Waals surface area contributed by atoms with Gasteiger partial charge < -0.3 is 15.3 Å². The van der Waals surface area contributed by atoms with E-state index in [2.05, 4.69) is 5.32 Å². The summed E-state index contributed by atoms with van der Waals surface area (Å²) in [5, 5.41) is 11.6. The van der Waals surface area contributed by atoms with Crippen molar-refractivity contribution in [3.05, 3.63) is 29.8 Å². The Morgan fingerprint density at radius 1 is 1.15 bits per heavy atom. The fourth-order valence-electron chi connectivity index (χ4n) is 2.10. The van der Waals surface area contributed by atoms with Gasteiger partial charge in [0.15, 0.2) is 9.84 Å². The molecule has 1 atom stereocenters. The van der Waals surface area contributed by atoms with Crippen LogP contribution in [-0.4, -0.2) is 62.1 Å². The van der Waals surface area contributed by atoms with E-state index in [9.17, 15) is 22.8 Å². The minimum Gasteiger partial charge on any atom is -0.480 e. The second-order valence-electron chi connectivity index (χ2n) is 6.08. The molecule has 0 saturated carbocycles. The van der Waals surface area contributed by atoms with Crippen LogP contribution in [0.5, 0.6) is 0 Å². The summed E-state index contributed by atoms with van der Waals surface area (Å²) in [4.78, 5) is 36.1. The van der Waals surface area contributed by atoms with E-state index in [4.69, 9.17) is 5.11 Å². The van der Waals surface area contributed by atoms with Gasteiger partial charge in [-0.1, -0.05) is 19.8 Å². The van der Waals surface area contributed by atoms with Crippen LogP contribution < -0.4 is 5.32 Å². The molecule has 1 rings (SSSR count). The van der Waals surface area contributed by atoms with Crippen molar-refractivity contribution in [2.75, 3.05) is 19.8 Å². The van der Waals surface area contributed by atoms with Gasteiger partial charge in [-0.3, -0.25) is 9.59 Å². The van der Waals surface area contributed by atoms with Crippen LogP contribution in [-0.2, 0) is 19.4 Å². The van der Waals surface area contributed by atoms with E-state index in [1.807, 2.05) is 6.92 Å². The van der Waals surface area contributed by atoms with Crippen LogP contribution in [0.4, 0.5) is 0 Å². The van der Waals surface area contributed by atoms with Crippen LogP contribution in [0.2, 0.25) is 0 Å². The monoisotopic (exact) mass is 384 g/mol. The van der Waals surface area contributed by atoms with Crippen molar-refractivity contribution >= 4 is 27.6 Å². The van der Waals surface area contributed by atoms with Crippen LogP contribution >= 0.6 is 0 Å². The highest BCUT2D eigenvalue weighted by Gasteiger charge is 2.22. The summed E-state index contributed by atoms with van der Waals surface area (Å²) in [6, 6.07) is 4.05. The zero-order valence-corrected chi connectivity index (χ0v) is 15.9. The van der Waals surface area contributed by atoms with Crippen LogP contribution in [0.15, 0.2) is 29.2 Å². The fourth-order valence-corrected chi connectivity index (χ4v) is 3.40. The van der Waals surface area contributed by atoms with Crippen molar-refractivity contribution in [1.82, 2.24) is 10.2 Å². The number of carbonyl (C=O) groups is 3. The van der Waals surface area contributed by atoms with Gasteiger partial charge in [-0.25, -0.2) is 13.2 Å². The Hall–Kier alpha value is -2.42. The van der Waals surface area contributed by atoms with Crippen molar-refractivity contribution in [1.29, 1.82) is 0 Å². The summed E-state index contributed by atoms with van der Waals surface area (Å²) in [5.74, 6) is -2.93. The Balaban J connectivity index is 2.87. The van der Waals surface area contributed by atoms with Crippen LogP contribution in [0.25, 0.3) is 0 Å². The standard InChI is InChI=1S/C17H24N2O6S/c1-4-5-6-14(17(22)23)18-16(21)12-7-9-13(10-8-12)26(24,25)11-15(20)19(2)3/h7-10,14H,4-6,11H2,1-3H3,(H,18,21)(H,22,23). The number of carbonyl (C=O) groups excluding carboxylic acids is 2. The molecule has 0 bridgehead atoms. The maximum atomic E-state index is 12.2. The molecule has 0 aliphatic heterocycles. The molecule has 1 aromatic carbocycles. The number of hydrogen-bond donors (Lipinski definition) is 2. The molecule has 2 amide bonds. The lowest BCUT2D eigenvalue weighted by Gasteiger charge is -2.14. The second kappa shape index (κ2) is 9.33.